The van der Waals surface area contributed by atoms with Crippen molar-refractivity contribution in [1.29, 1.82) is 0 Å². The van der Waals surface area contributed by atoms with E-state index in [-0.39, 0.29) is 17.4 Å². The summed E-state index contributed by atoms with van der Waals surface area (Å²) in [6.07, 6.45) is 1.76. The van der Waals surface area contributed by atoms with E-state index >= 15 is 0 Å². The first-order chi connectivity index (χ1) is 8.15. The molecular formula is C10H14N4O2S. The number of esters is 1. The van der Waals surface area contributed by atoms with E-state index in [9.17, 15) is 4.79 Å². The zero-order valence-corrected chi connectivity index (χ0v) is 10.3. The van der Waals surface area contributed by atoms with Gasteiger partial charge in [-0.1, -0.05) is 12.2 Å². The fourth-order valence-electron chi connectivity index (χ4n) is 1.18. The molecule has 0 aliphatic rings. The highest BCUT2D eigenvalue weighted by Gasteiger charge is 2.07. The van der Waals surface area contributed by atoms with Crippen LogP contribution in [0.3, 0.4) is 0 Å². The van der Waals surface area contributed by atoms with E-state index in [2.05, 4.69) is 15.5 Å². The molecule has 1 aromatic heterocycles. The van der Waals surface area contributed by atoms with Gasteiger partial charge in [-0.25, -0.2) is 0 Å². The molecule has 0 saturated heterocycles. The van der Waals surface area contributed by atoms with Gasteiger partial charge in [-0.2, -0.15) is 5.10 Å². The Morgan fingerprint density at radius 1 is 1.65 bits per heavy atom. The van der Waals surface area contributed by atoms with Crippen LogP contribution in [0.5, 0.6) is 0 Å². The van der Waals surface area contributed by atoms with Gasteiger partial charge in [-0.05, 0) is 13.0 Å². The van der Waals surface area contributed by atoms with Crippen molar-refractivity contribution >= 4 is 29.0 Å². The van der Waals surface area contributed by atoms with Gasteiger partial charge < -0.3 is 15.8 Å². The summed E-state index contributed by atoms with van der Waals surface area (Å²) in [5, 5.41) is 10.5. The molecule has 0 atom stereocenters. The first-order valence-electron chi connectivity index (χ1n) is 5.16. The molecule has 0 unspecified atom stereocenters. The van der Waals surface area contributed by atoms with Crippen LogP contribution >= 0.6 is 12.2 Å². The van der Waals surface area contributed by atoms with E-state index in [1.165, 1.54) is 6.20 Å². The number of hydrogen-bond donors (Lipinski definition) is 2. The van der Waals surface area contributed by atoms with Crippen LogP contribution in [-0.4, -0.2) is 34.3 Å². The van der Waals surface area contributed by atoms with E-state index < -0.39 is 0 Å². The van der Waals surface area contributed by atoms with Crippen LogP contribution in [0.4, 0.5) is 5.82 Å². The maximum absolute atomic E-state index is 11.1. The molecule has 0 radical (unpaired) electrons. The normalized spacial score (nSPS) is 9.71. The van der Waals surface area contributed by atoms with Gasteiger partial charge in [0.15, 0.2) is 5.82 Å². The lowest BCUT2D eigenvalue weighted by atomic mass is 10.3. The molecule has 7 heteroatoms. The van der Waals surface area contributed by atoms with Gasteiger partial charge >= 0.3 is 5.97 Å². The minimum absolute atomic E-state index is 0.235. The van der Waals surface area contributed by atoms with E-state index in [4.69, 9.17) is 22.7 Å². The van der Waals surface area contributed by atoms with Crippen molar-refractivity contribution < 1.29 is 9.53 Å². The van der Waals surface area contributed by atoms with Crippen LogP contribution in [0.2, 0.25) is 0 Å². The van der Waals surface area contributed by atoms with Crippen molar-refractivity contribution in [3.63, 3.8) is 0 Å². The van der Waals surface area contributed by atoms with Crippen molar-refractivity contribution in [2.24, 2.45) is 5.73 Å². The minimum atomic E-state index is -0.263. The number of anilines is 1. The largest absolute Gasteiger partial charge is 0.466 e. The summed E-state index contributed by atoms with van der Waals surface area (Å²) in [5.41, 5.74) is 6.14. The summed E-state index contributed by atoms with van der Waals surface area (Å²) < 4.78 is 4.79. The van der Waals surface area contributed by atoms with Crippen molar-refractivity contribution in [2.45, 2.75) is 13.3 Å². The van der Waals surface area contributed by atoms with Crippen LogP contribution in [0.1, 0.15) is 18.9 Å². The Balaban J connectivity index is 2.52. The Labute approximate surface area is 105 Å². The SMILES string of the molecule is CCOC(=O)CCNc1nnccc1C(N)=S. The fraction of sp³-hybridized carbons (Fsp3) is 0.400. The predicted octanol–water partition coefficient (Wildman–Crippen LogP) is 0.476. The molecule has 0 saturated carbocycles. The molecule has 0 aliphatic heterocycles. The fourth-order valence-corrected chi connectivity index (χ4v) is 1.34. The number of nitrogens with zero attached hydrogens (tertiary/aromatic N) is 2. The quantitative estimate of drug-likeness (QED) is 0.563. The highest BCUT2D eigenvalue weighted by Crippen LogP contribution is 2.09. The lowest BCUT2D eigenvalue weighted by Gasteiger charge is -2.08. The highest BCUT2D eigenvalue weighted by molar-refractivity contribution is 7.80. The Kier molecular flexibility index (Phi) is 5.28. The van der Waals surface area contributed by atoms with E-state index in [1.807, 2.05) is 0 Å². The number of thiocarbonyl (C=S) groups is 1. The number of hydrogen-bond acceptors (Lipinski definition) is 6. The maximum Gasteiger partial charge on any atom is 0.307 e. The molecule has 1 heterocycles. The Bertz CT molecular complexity index is 411. The molecular weight excluding hydrogens is 240 g/mol. The monoisotopic (exact) mass is 254 g/mol. The predicted molar refractivity (Wildman–Crippen MR) is 67.7 cm³/mol. The third kappa shape index (κ3) is 4.31. The topological polar surface area (TPSA) is 90.1 Å². The number of aromatic nitrogens is 2. The Morgan fingerprint density at radius 3 is 3.06 bits per heavy atom. The Morgan fingerprint density at radius 2 is 2.41 bits per heavy atom. The average molecular weight is 254 g/mol. The number of carbonyl (C=O) groups excluding carboxylic acids is 1. The number of nitrogens with two attached hydrogens (primary N) is 1. The van der Waals surface area contributed by atoms with Crippen LogP contribution in [0.15, 0.2) is 12.3 Å². The third-order valence-electron chi connectivity index (χ3n) is 1.91. The van der Waals surface area contributed by atoms with Gasteiger partial charge in [-0.3, -0.25) is 4.79 Å². The standard InChI is InChI=1S/C10H14N4O2S/c1-2-16-8(15)4-5-12-10-7(9(11)17)3-6-13-14-10/h3,6H,2,4-5H2,1H3,(H2,11,17)(H,12,14). The summed E-state index contributed by atoms with van der Waals surface area (Å²) in [5.74, 6) is 0.213. The van der Waals surface area contributed by atoms with Gasteiger partial charge in [0, 0.05) is 6.54 Å². The zero-order chi connectivity index (χ0) is 12.7. The molecule has 0 amide bonds. The molecule has 0 fully saturated rings. The first kappa shape index (κ1) is 13.3. The lowest BCUT2D eigenvalue weighted by Crippen LogP contribution is -2.17. The molecule has 0 aromatic carbocycles. The smallest absolute Gasteiger partial charge is 0.307 e. The summed E-state index contributed by atoms with van der Waals surface area (Å²) in [4.78, 5) is 11.3. The van der Waals surface area contributed by atoms with E-state index in [1.54, 1.807) is 13.0 Å². The second kappa shape index (κ2) is 6.74. The summed E-state index contributed by atoms with van der Waals surface area (Å²) in [7, 11) is 0. The molecule has 0 bridgehead atoms. The van der Waals surface area contributed by atoms with Crippen molar-refractivity contribution in [1.82, 2.24) is 10.2 Å². The van der Waals surface area contributed by atoms with E-state index in [0.29, 0.717) is 24.5 Å². The van der Waals surface area contributed by atoms with Gasteiger partial charge in [0.05, 0.1) is 24.8 Å². The van der Waals surface area contributed by atoms with Crippen molar-refractivity contribution in [2.75, 3.05) is 18.5 Å². The number of carbonyl (C=O) groups is 1. The Hall–Kier alpha value is -1.76. The second-order valence-electron chi connectivity index (χ2n) is 3.14. The van der Waals surface area contributed by atoms with Gasteiger partial charge in [-0.15, -0.1) is 5.10 Å². The molecule has 92 valence electrons. The minimum Gasteiger partial charge on any atom is -0.466 e. The number of nitrogens with one attached hydrogen (secondary N) is 1. The van der Waals surface area contributed by atoms with Crippen molar-refractivity contribution in [3.05, 3.63) is 17.8 Å². The highest BCUT2D eigenvalue weighted by atomic mass is 32.1. The second-order valence-corrected chi connectivity index (χ2v) is 3.58. The number of ether oxygens (including phenoxy) is 1. The van der Waals surface area contributed by atoms with Crippen LogP contribution in [-0.2, 0) is 9.53 Å². The van der Waals surface area contributed by atoms with Gasteiger partial charge in [0.1, 0.15) is 4.99 Å². The molecule has 1 rings (SSSR count). The number of rotatable bonds is 6. The third-order valence-corrected chi connectivity index (χ3v) is 2.13. The molecule has 0 spiro atoms. The van der Waals surface area contributed by atoms with Crippen LogP contribution < -0.4 is 11.1 Å². The van der Waals surface area contributed by atoms with Gasteiger partial charge in [0.25, 0.3) is 0 Å². The molecule has 1 aromatic rings. The molecule has 6 nitrogen and oxygen atoms in total. The summed E-state index contributed by atoms with van der Waals surface area (Å²) >= 11 is 4.87. The summed E-state index contributed by atoms with van der Waals surface area (Å²) in [6.45, 7) is 2.54. The lowest BCUT2D eigenvalue weighted by molar-refractivity contribution is -0.142. The molecule has 0 aliphatic carbocycles. The first-order valence-corrected chi connectivity index (χ1v) is 5.57. The van der Waals surface area contributed by atoms with Crippen molar-refractivity contribution in [3.8, 4) is 0 Å². The average Bonchev–Trinajstić information content (AvgIpc) is 2.30. The molecule has 3 N–H and O–H groups in total. The van der Waals surface area contributed by atoms with Crippen LogP contribution in [0, 0.1) is 0 Å². The van der Waals surface area contributed by atoms with Crippen LogP contribution in [0.25, 0.3) is 0 Å². The maximum atomic E-state index is 11.1. The zero-order valence-electron chi connectivity index (χ0n) is 9.47. The molecule has 17 heavy (non-hydrogen) atoms. The summed E-state index contributed by atoms with van der Waals surface area (Å²) in [6, 6.07) is 1.67. The van der Waals surface area contributed by atoms with E-state index in [0.717, 1.165) is 0 Å². The van der Waals surface area contributed by atoms with Gasteiger partial charge in [0.2, 0.25) is 0 Å².